The first-order valence-electron chi connectivity index (χ1n) is 11.3. The van der Waals surface area contributed by atoms with Gasteiger partial charge in [-0.2, -0.15) is 5.26 Å². The van der Waals surface area contributed by atoms with Gasteiger partial charge in [0.05, 0.1) is 29.9 Å². The standard InChI is InChI=1S/C27H28N4O3/c1-4-34-19-12-10-17(11-13-19)23-20(16-28)25(29)31(30-26(33)18-8-6-5-7-9-18)21-14-27(2,3)15-22(32)24(21)23/h5-13,23H,4,14-15,29H2,1-3H3,(H,30,33). The molecule has 1 atom stereocenters. The topological polar surface area (TPSA) is 108 Å². The molecular weight excluding hydrogens is 428 g/mol. The Hall–Kier alpha value is -4.05. The van der Waals surface area contributed by atoms with Crippen LogP contribution < -0.4 is 15.9 Å². The van der Waals surface area contributed by atoms with Crippen molar-refractivity contribution in [3.8, 4) is 11.8 Å². The first kappa shape index (κ1) is 23.1. The molecule has 1 unspecified atom stereocenters. The second-order valence-corrected chi connectivity index (χ2v) is 9.29. The van der Waals surface area contributed by atoms with Gasteiger partial charge in [0.2, 0.25) is 0 Å². The minimum absolute atomic E-state index is 0.0515. The van der Waals surface area contributed by atoms with E-state index in [-0.39, 0.29) is 28.5 Å². The number of nitrogens with one attached hydrogen (secondary N) is 1. The van der Waals surface area contributed by atoms with E-state index in [1.54, 1.807) is 24.3 Å². The summed E-state index contributed by atoms with van der Waals surface area (Å²) < 4.78 is 5.54. The average molecular weight is 457 g/mol. The van der Waals surface area contributed by atoms with Crippen LogP contribution in [0, 0.1) is 16.7 Å². The highest BCUT2D eigenvalue weighted by Crippen LogP contribution is 2.48. The van der Waals surface area contributed by atoms with Gasteiger partial charge in [0.1, 0.15) is 11.6 Å². The molecule has 0 spiro atoms. The number of ketones is 1. The lowest BCUT2D eigenvalue weighted by atomic mass is 9.69. The van der Waals surface area contributed by atoms with Crippen molar-refractivity contribution in [1.82, 2.24) is 10.4 Å². The first-order chi connectivity index (χ1) is 16.3. The Morgan fingerprint density at radius 2 is 1.85 bits per heavy atom. The molecule has 1 heterocycles. The normalized spacial score (nSPS) is 19.4. The number of nitriles is 1. The monoisotopic (exact) mass is 456 g/mol. The average Bonchev–Trinajstić information content (AvgIpc) is 2.81. The number of nitrogens with two attached hydrogens (primary N) is 1. The van der Waals surface area contributed by atoms with E-state index in [0.29, 0.717) is 42.0 Å². The second-order valence-electron chi connectivity index (χ2n) is 9.29. The lowest BCUT2D eigenvalue weighted by molar-refractivity contribution is -0.118. The summed E-state index contributed by atoms with van der Waals surface area (Å²) in [4.78, 5) is 26.5. The summed E-state index contributed by atoms with van der Waals surface area (Å²) >= 11 is 0. The number of hydrogen-bond donors (Lipinski definition) is 2. The fourth-order valence-corrected chi connectivity index (χ4v) is 4.65. The molecule has 1 amide bonds. The van der Waals surface area contributed by atoms with E-state index in [1.807, 2.05) is 51.1 Å². The summed E-state index contributed by atoms with van der Waals surface area (Å²) in [6, 6.07) is 18.3. The highest BCUT2D eigenvalue weighted by molar-refractivity contribution is 6.01. The zero-order chi connectivity index (χ0) is 24.5. The fraction of sp³-hybridized carbons (Fsp3) is 0.296. The van der Waals surface area contributed by atoms with Crippen molar-refractivity contribution >= 4 is 11.7 Å². The van der Waals surface area contributed by atoms with Crippen molar-refractivity contribution in [2.45, 2.75) is 39.5 Å². The van der Waals surface area contributed by atoms with Crippen molar-refractivity contribution in [3.63, 3.8) is 0 Å². The molecule has 0 bridgehead atoms. The van der Waals surface area contributed by atoms with E-state index in [0.717, 1.165) is 5.56 Å². The Labute approximate surface area is 199 Å². The Morgan fingerprint density at radius 1 is 1.18 bits per heavy atom. The van der Waals surface area contributed by atoms with Crippen LogP contribution in [0.5, 0.6) is 5.75 Å². The predicted octanol–water partition coefficient (Wildman–Crippen LogP) is 4.17. The molecule has 0 fully saturated rings. The predicted molar refractivity (Wildman–Crippen MR) is 128 cm³/mol. The van der Waals surface area contributed by atoms with Crippen LogP contribution in [0.25, 0.3) is 0 Å². The Kier molecular flexibility index (Phi) is 6.16. The zero-order valence-electron chi connectivity index (χ0n) is 19.6. The van der Waals surface area contributed by atoms with Crippen molar-refractivity contribution in [3.05, 3.63) is 88.4 Å². The van der Waals surface area contributed by atoms with Crippen LogP contribution in [-0.2, 0) is 4.79 Å². The van der Waals surface area contributed by atoms with Crippen LogP contribution in [0.2, 0.25) is 0 Å². The van der Waals surface area contributed by atoms with Gasteiger partial charge in [-0.25, -0.2) is 5.01 Å². The number of nitrogens with zero attached hydrogens (tertiary/aromatic N) is 2. The smallest absolute Gasteiger partial charge is 0.270 e. The Balaban J connectivity index is 1.83. The number of allylic oxidation sites excluding steroid dienone is 3. The van der Waals surface area contributed by atoms with Crippen LogP contribution in [0.1, 0.15) is 55.5 Å². The molecule has 0 aromatic heterocycles. The van der Waals surface area contributed by atoms with Crippen LogP contribution in [0.4, 0.5) is 0 Å². The van der Waals surface area contributed by atoms with Gasteiger partial charge in [-0.1, -0.05) is 44.2 Å². The number of Topliss-reactive ketones (excluding diaryl/α,β-unsaturated/α-hetero) is 1. The largest absolute Gasteiger partial charge is 0.494 e. The number of carbonyl (C=O) groups excluding carboxylic acids is 2. The third kappa shape index (κ3) is 4.27. The summed E-state index contributed by atoms with van der Waals surface area (Å²) in [5.74, 6) is -0.203. The lowest BCUT2D eigenvalue weighted by Gasteiger charge is -2.43. The molecule has 7 heteroatoms. The van der Waals surface area contributed by atoms with Crippen molar-refractivity contribution < 1.29 is 14.3 Å². The SMILES string of the molecule is CCOc1ccc(C2C(C#N)=C(N)N(NC(=O)c3ccccc3)C3=C2C(=O)CC(C)(C)C3)cc1. The van der Waals surface area contributed by atoms with E-state index >= 15 is 0 Å². The highest BCUT2D eigenvalue weighted by Gasteiger charge is 2.44. The number of carbonyl (C=O) groups is 2. The van der Waals surface area contributed by atoms with Crippen molar-refractivity contribution in [2.24, 2.45) is 11.1 Å². The number of rotatable bonds is 5. The van der Waals surface area contributed by atoms with Gasteiger partial charge in [0.15, 0.2) is 5.78 Å². The minimum Gasteiger partial charge on any atom is -0.494 e. The van der Waals surface area contributed by atoms with Gasteiger partial charge in [0.25, 0.3) is 5.91 Å². The van der Waals surface area contributed by atoms with Crippen LogP contribution in [0.15, 0.2) is 77.3 Å². The van der Waals surface area contributed by atoms with Gasteiger partial charge in [0, 0.05) is 17.6 Å². The molecule has 4 rings (SSSR count). The van der Waals surface area contributed by atoms with E-state index in [4.69, 9.17) is 10.5 Å². The Morgan fingerprint density at radius 3 is 2.47 bits per heavy atom. The molecule has 7 nitrogen and oxygen atoms in total. The number of benzene rings is 2. The second kappa shape index (κ2) is 9.06. The maximum Gasteiger partial charge on any atom is 0.270 e. The summed E-state index contributed by atoms with van der Waals surface area (Å²) in [6.45, 7) is 6.47. The summed E-state index contributed by atoms with van der Waals surface area (Å²) in [6.07, 6.45) is 0.870. The molecule has 2 aliphatic rings. The van der Waals surface area contributed by atoms with Gasteiger partial charge in [-0.15, -0.1) is 0 Å². The fourth-order valence-electron chi connectivity index (χ4n) is 4.65. The molecule has 2 aromatic rings. The van der Waals surface area contributed by atoms with E-state index in [2.05, 4.69) is 11.5 Å². The van der Waals surface area contributed by atoms with Gasteiger partial charge in [-0.3, -0.25) is 15.0 Å². The maximum absolute atomic E-state index is 13.5. The third-order valence-corrected chi connectivity index (χ3v) is 6.15. The molecule has 174 valence electrons. The number of ether oxygens (including phenoxy) is 1. The lowest BCUT2D eigenvalue weighted by Crippen LogP contribution is -2.49. The molecule has 1 aliphatic heterocycles. The number of hydrazine groups is 1. The molecule has 0 radical (unpaired) electrons. The molecule has 0 saturated heterocycles. The molecular formula is C27H28N4O3. The van der Waals surface area contributed by atoms with Gasteiger partial charge < -0.3 is 10.5 Å². The minimum atomic E-state index is -0.607. The maximum atomic E-state index is 13.5. The molecule has 3 N–H and O–H groups in total. The Bertz CT molecular complexity index is 1220. The molecule has 2 aromatic carbocycles. The third-order valence-electron chi connectivity index (χ3n) is 6.15. The summed E-state index contributed by atoms with van der Waals surface area (Å²) in [5.41, 5.74) is 11.6. The van der Waals surface area contributed by atoms with Crippen molar-refractivity contribution in [1.29, 1.82) is 5.26 Å². The van der Waals surface area contributed by atoms with E-state index in [1.165, 1.54) is 5.01 Å². The first-order valence-corrected chi connectivity index (χ1v) is 11.3. The van der Waals surface area contributed by atoms with E-state index < -0.39 is 5.92 Å². The number of hydrogen-bond acceptors (Lipinski definition) is 6. The van der Waals surface area contributed by atoms with Crippen LogP contribution in [0.3, 0.4) is 0 Å². The summed E-state index contributed by atoms with van der Waals surface area (Å²) in [7, 11) is 0. The number of amides is 1. The molecule has 1 aliphatic carbocycles. The van der Waals surface area contributed by atoms with E-state index in [9.17, 15) is 14.9 Å². The van der Waals surface area contributed by atoms with Crippen molar-refractivity contribution in [2.75, 3.05) is 6.61 Å². The quantitative estimate of drug-likeness (QED) is 0.699. The van der Waals surface area contributed by atoms with Gasteiger partial charge >= 0.3 is 0 Å². The van der Waals surface area contributed by atoms with Crippen LogP contribution in [-0.4, -0.2) is 23.3 Å². The van der Waals surface area contributed by atoms with Gasteiger partial charge in [-0.05, 0) is 48.6 Å². The molecule has 34 heavy (non-hydrogen) atoms. The zero-order valence-corrected chi connectivity index (χ0v) is 19.6. The molecule has 0 saturated carbocycles. The van der Waals surface area contributed by atoms with Crippen LogP contribution >= 0.6 is 0 Å². The summed E-state index contributed by atoms with van der Waals surface area (Å²) in [5, 5.41) is 11.5. The highest BCUT2D eigenvalue weighted by atomic mass is 16.5.